The van der Waals surface area contributed by atoms with Crippen LogP contribution in [-0.4, -0.2) is 29.3 Å². The van der Waals surface area contributed by atoms with Gasteiger partial charge in [0.05, 0.1) is 11.2 Å². The third-order valence-electron chi connectivity index (χ3n) is 4.03. The Morgan fingerprint density at radius 3 is 2.43 bits per heavy atom. The standard InChI is InChI=1S/C16H21NO3S/c1-12-4-6-13(7-5-12)21-10-14(18)17-11-16(15(19)20)8-2-3-9-16/h4-7H,2-3,8-11H2,1H3,(H,17,18)(H,19,20). The molecule has 1 aromatic rings. The van der Waals surface area contributed by atoms with Crippen LogP contribution in [0.3, 0.4) is 0 Å². The normalized spacial score (nSPS) is 16.6. The number of carboxylic acid groups (broad SMARTS) is 1. The minimum atomic E-state index is -0.786. The molecule has 1 fully saturated rings. The number of aryl methyl sites for hydroxylation is 1. The highest BCUT2D eigenvalue weighted by molar-refractivity contribution is 8.00. The lowest BCUT2D eigenvalue weighted by Crippen LogP contribution is -2.41. The highest BCUT2D eigenvalue weighted by atomic mass is 32.2. The van der Waals surface area contributed by atoms with Gasteiger partial charge in [0.1, 0.15) is 0 Å². The zero-order valence-corrected chi connectivity index (χ0v) is 13.0. The van der Waals surface area contributed by atoms with Gasteiger partial charge in [-0.3, -0.25) is 9.59 Å². The molecule has 2 N–H and O–H groups in total. The first kappa shape index (κ1) is 15.9. The largest absolute Gasteiger partial charge is 0.481 e. The smallest absolute Gasteiger partial charge is 0.311 e. The zero-order chi connectivity index (χ0) is 15.3. The van der Waals surface area contributed by atoms with Crippen LogP contribution in [0.5, 0.6) is 0 Å². The molecule has 0 aromatic heterocycles. The summed E-state index contributed by atoms with van der Waals surface area (Å²) in [6.07, 6.45) is 3.18. The van der Waals surface area contributed by atoms with Crippen LogP contribution >= 0.6 is 11.8 Å². The summed E-state index contributed by atoms with van der Waals surface area (Å²) in [6.45, 7) is 2.27. The van der Waals surface area contributed by atoms with E-state index in [1.54, 1.807) is 0 Å². The van der Waals surface area contributed by atoms with E-state index in [2.05, 4.69) is 5.32 Å². The van der Waals surface area contributed by atoms with Gasteiger partial charge < -0.3 is 10.4 Å². The van der Waals surface area contributed by atoms with Crippen LogP contribution in [0.1, 0.15) is 31.2 Å². The van der Waals surface area contributed by atoms with Crippen molar-refractivity contribution in [2.45, 2.75) is 37.5 Å². The Kier molecular flexibility index (Phi) is 5.28. The number of carboxylic acids is 1. The van der Waals surface area contributed by atoms with Crippen molar-refractivity contribution in [3.8, 4) is 0 Å². The first-order chi connectivity index (χ1) is 10.0. The van der Waals surface area contributed by atoms with Crippen molar-refractivity contribution in [3.05, 3.63) is 29.8 Å². The van der Waals surface area contributed by atoms with Gasteiger partial charge in [-0.15, -0.1) is 11.8 Å². The molecule has 1 saturated carbocycles. The fourth-order valence-corrected chi connectivity index (χ4v) is 3.35. The number of thioether (sulfide) groups is 1. The number of hydrogen-bond acceptors (Lipinski definition) is 3. The third kappa shape index (κ3) is 4.24. The molecule has 0 atom stereocenters. The molecule has 0 radical (unpaired) electrons. The lowest BCUT2D eigenvalue weighted by atomic mass is 9.86. The number of aliphatic carboxylic acids is 1. The molecule has 0 heterocycles. The third-order valence-corrected chi connectivity index (χ3v) is 5.04. The van der Waals surface area contributed by atoms with Crippen LogP contribution in [0.2, 0.25) is 0 Å². The first-order valence-corrected chi connectivity index (χ1v) is 8.20. The van der Waals surface area contributed by atoms with E-state index in [9.17, 15) is 14.7 Å². The van der Waals surface area contributed by atoms with E-state index in [1.165, 1.54) is 17.3 Å². The molecule has 1 aliphatic carbocycles. The Hall–Kier alpha value is -1.49. The van der Waals surface area contributed by atoms with E-state index < -0.39 is 11.4 Å². The number of benzene rings is 1. The number of amides is 1. The topological polar surface area (TPSA) is 66.4 Å². The summed E-state index contributed by atoms with van der Waals surface area (Å²) in [5.74, 6) is -0.571. The first-order valence-electron chi connectivity index (χ1n) is 7.21. The molecule has 0 unspecified atom stereocenters. The SMILES string of the molecule is Cc1ccc(SCC(=O)NCC2(C(=O)O)CCCC2)cc1. The molecule has 2 rings (SSSR count). The number of carbonyl (C=O) groups excluding carboxylic acids is 1. The van der Waals surface area contributed by atoms with Crippen LogP contribution in [0.25, 0.3) is 0 Å². The molecule has 21 heavy (non-hydrogen) atoms. The lowest BCUT2D eigenvalue weighted by molar-refractivity contribution is -0.148. The van der Waals surface area contributed by atoms with Gasteiger partial charge in [0.25, 0.3) is 0 Å². The van der Waals surface area contributed by atoms with Crippen LogP contribution in [0.4, 0.5) is 0 Å². The lowest BCUT2D eigenvalue weighted by Gasteiger charge is -2.23. The maximum absolute atomic E-state index is 11.9. The molecular formula is C16H21NO3S. The average molecular weight is 307 g/mol. The maximum Gasteiger partial charge on any atom is 0.311 e. The highest BCUT2D eigenvalue weighted by Gasteiger charge is 2.41. The molecule has 0 aliphatic heterocycles. The second-order valence-electron chi connectivity index (χ2n) is 5.67. The fourth-order valence-electron chi connectivity index (χ4n) is 2.62. The van der Waals surface area contributed by atoms with E-state index in [1.807, 2.05) is 31.2 Å². The van der Waals surface area contributed by atoms with Gasteiger partial charge in [-0.25, -0.2) is 0 Å². The summed E-state index contributed by atoms with van der Waals surface area (Å²) in [7, 11) is 0. The van der Waals surface area contributed by atoms with Crippen molar-refractivity contribution in [1.82, 2.24) is 5.32 Å². The van der Waals surface area contributed by atoms with Gasteiger partial charge in [-0.2, -0.15) is 0 Å². The molecule has 1 amide bonds. The fraction of sp³-hybridized carbons (Fsp3) is 0.500. The van der Waals surface area contributed by atoms with E-state index in [4.69, 9.17) is 0 Å². The van der Waals surface area contributed by atoms with Crippen molar-refractivity contribution in [2.24, 2.45) is 5.41 Å². The van der Waals surface area contributed by atoms with E-state index in [0.717, 1.165) is 17.7 Å². The summed E-state index contributed by atoms with van der Waals surface area (Å²) in [6, 6.07) is 8.00. The Morgan fingerprint density at radius 2 is 1.86 bits per heavy atom. The molecule has 1 aromatic carbocycles. The van der Waals surface area contributed by atoms with Crippen molar-refractivity contribution >= 4 is 23.6 Å². The van der Waals surface area contributed by atoms with Gasteiger partial charge in [0.15, 0.2) is 0 Å². The number of nitrogens with one attached hydrogen (secondary N) is 1. The highest BCUT2D eigenvalue weighted by Crippen LogP contribution is 2.37. The Balaban J connectivity index is 1.79. The summed E-state index contributed by atoms with van der Waals surface area (Å²) in [5.41, 5.74) is 0.443. The van der Waals surface area contributed by atoms with E-state index >= 15 is 0 Å². The van der Waals surface area contributed by atoms with E-state index in [-0.39, 0.29) is 12.5 Å². The van der Waals surface area contributed by atoms with Crippen molar-refractivity contribution in [3.63, 3.8) is 0 Å². The van der Waals surface area contributed by atoms with Gasteiger partial charge in [0, 0.05) is 11.4 Å². The van der Waals surface area contributed by atoms with Gasteiger partial charge in [-0.05, 0) is 31.9 Å². The molecule has 0 bridgehead atoms. The summed E-state index contributed by atoms with van der Waals surface area (Å²) < 4.78 is 0. The van der Waals surface area contributed by atoms with Crippen LogP contribution in [0.15, 0.2) is 29.2 Å². The summed E-state index contributed by atoms with van der Waals surface area (Å²) in [4.78, 5) is 24.3. The molecule has 114 valence electrons. The van der Waals surface area contributed by atoms with Crippen LogP contribution < -0.4 is 5.32 Å². The second-order valence-corrected chi connectivity index (χ2v) is 6.72. The van der Waals surface area contributed by atoms with Gasteiger partial charge in [-0.1, -0.05) is 30.5 Å². The minimum Gasteiger partial charge on any atom is -0.481 e. The monoisotopic (exact) mass is 307 g/mol. The number of hydrogen-bond donors (Lipinski definition) is 2. The molecule has 5 heteroatoms. The summed E-state index contributed by atoms with van der Waals surface area (Å²) in [5, 5.41) is 12.1. The van der Waals surface area contributed by atoms with Crippen molar-refractivity contribution in [2.75, 3.05) is 12.3 Å². The molecule has 0 saturated heterocycles. The minimum absolute atomic E-state index is 0.104. The van der Waals surface area contributed by atoms with Crippen molar-refractivity contribution < 1.29 is 14.7 Å². The summed E-state index contributed by atoms with van der Waals surface area (Å²) >= 11 is 1.47. The van der Waals surface area contributed by atoms with Crippen LogP contribution in [0, 0.1) is 12.3 Å². The maximum atomic E-state index is 11.9. The quantitative estimate of drug-likeness (QED) is 0.793. The molecule has 1 aliphatic rings. The van der Waals surface area contributed by atoms with Gasteiger partial charge >= 0.3 is 5.97 Å². The Morgan fingerprint density at radius 1 is 1.24 bits per heavy atom. The Labute approximate surface area is 129 Å². The molecule has 0 spiro atoms. The predicted octanol–water partition coefficient (Wildman–Crippen LogP) is 2.85. The zero-order valence-electron chi connectivity index (χ0n) is 12.2. The van der Waals surface area contributed by atoms with Crippen molar-refractivity contribution in [1.29, 1.82) is 0 Å². The van der Waals surface area contributed by atoms with Crippen LogP contribution in [-0.2, 0) is 9.59 Å². The van der Waals surface area contributed by atoms with E-state index in [0.29, 0.717) is 18.6 Å². The second kappa shape index (κ2) is 6.98. The predicted molar refractivity (Wildman–Crippen MR) is 83.4 cm³/mol. The molecular weight excluding hydrogens is 286 g/mol. The molecule has 4 nitrogen and oxygen atoms in total. The number of rotatable bonds is 6. The van der Waals surface area contributed by atoms with Gasteiger partial charge in [0.2, 0.25) is 5.91 Å². The number of carbonyl (C=O) groups is 2. The average Bonchev–Trinajstić information content (AvgIpc) is 2.95. The Bertz CT molecular complexity index is 507.